The highest BCUT2D eigenvalue weighted by Gasteiger charge is 2.30. The third-order valence-electron chi connectivity index (χ3n) is 3.99. The number of benzene rings is 1. The summed E-state index contributed by atoms with van der Waals surface area (Å²) in [6.07, 6.45) is 6.70. The molecule has 0 spiro atoms. The minimum atomic E-state index is 0.528. The van der Waals surface area contributed by atoms with Gasteiger partial charge in [-0.3, -0.25) is 0 Å². The summed E-state index contributed by atoms with van der Waals surface area (Å²) in [7, 11) is 0. The lowest BCUT2D eigenvalue weighted by atomic mass is 10.1. The fourth-order valence-corrected chi connectivity index (χ4v) is 3.56. The van der Waals surface area contributed by atoms with E-state index in [1.54, 1.807) is 0 Å². The fourth-order valence-electron chi connectivity index (χ4n) is 2.58. The number of hydrogen-bond donors (Lipinski definition) is 0. The van der Waals surface area contributed by atoms with Crippen LogP contribution in [0.4, 0.5) is 0 Å². The Balaban J connectivity index is 1.61. The van der Waals surface area contributed by atoms with Crippen molar-refractivity contribution >= 4 is 11.8 Å². The Morgan fingerprint density at radius 2 is 2.09 bits per heavy atom. The van der Waals surface area contributed by atoms with Crippen LogP contribution in [0.25, 0.3) is 0 Å². The van der Waals surface area contributed by atoms with Gasteiger partial charge in [0.25, 0.3) is 0 Å². The Morgan fingerprint density at radius 1 is 1.32 bits per heavy atom. The second kappa shape index (κ2) is 7.14. The summed E-state index contributed by atoms with van der Waals surface area (Å²) < 4.78 is 2.24. The quantitative estimate of drug-likeness (QED) is 0.532. The number of thioether (sulfide) groups is 1. The first kappa shape index (κ1) is 15.3. The van der Waals surface area contributed by atoms with Gasteiger partial charge in [0.2, 0.25) is 0 Å². The lowest BCUT2D eigenvalue weighted by Gasteiger charge is -2.12. The van der Waals surface area contributed by atoms with E-state index in [-0.39, 0.29) is 0 Å². The van der Waals surface area contributed by atoms with Gasteiger partial charge in [0.1, 0.15) is 5.82 Å². The molecule has 1 aromatic carbocycles. The zero-order valence-electron chi connectivity index (χ0n) is 13.1. The molecule has 3 rings (SSSR count). The van der Waals surface area contributed by atoms with Gasteiger partial charge < -0.3 is 4.57 Å². The molecule has 1 heterocycles. The van der Waals surface area contributed by atoms with Crippen molar-refractivity contribution < 1.29 is 0 Å². The molecule has 1 unspecified atom stereocenters. The molecule has 1 atom stereocenters. The average molecular weight is 313 g/mol. The van der Waals surface area contributed by atoms with Gasteiger partial charge in [-0.05, 0) is 31.2 Å². The Kier molecular flexibility index (Phi) is 4.98. The third kappa shape index (κ3) is 3.80. The second-order valence-corrected chi connectivity index (χ2v) is 7.37. The summed E-state index contributed by atoms with van der Waals surface area (Å²) in [6.45, 7) is 6.95. The van der Waals surface area contributed by atoms with E-state index >= 15 is 0 Å². The van der Waals surface area contributed by atoms with Crippen LogP contribution in [-0.4, -0.2) is 20.0 Å². The molecule has 22 heavy (non-hydrogen) atoms. The van der Waals surface area contributed by atoms with E-state index in [0.29, 0.717) is 11.2 Å². The monoisotopic (exact) mass is 313 g/mol. The van der Waals surface area contributed by atoms with Crippen molar-refractivity contribution in [2.24, 2.45) is 0 Å². The van der Waals surface area contributed by atoms with E-state index in [2.05, 4.69) is 58.6 Å². The normalized spacial score (nSPS) is 15.7. The molecule has 0 radical (unpaired) electrons. The first-order valence-electron chi connectivity index (χ1n) is 8.02. The molecule has 0 aliphatic heterocycles. The summed E-state index contributed by atoms with van der Waals surface area (Å²) in [5.74, 6) is 1.78. The van der Waals surface area contributed by atoms with Gasteiger partial charge in [-0.15, -0.1) is 16.8 Å². The van der Waals surface area contributed by atoms with Crippen LogP contribution >= 0.6 is 11.8 Å². The molecule has 0 bridgehead atoms. The maximum Gasteiger partial charge on any atom is 0.191 e. The zero-order valence-corrected chi connectivity index (χ0v) is 13.9. The smallest absolute Gasteiger partial charge is 0.191 e. The standard InChI is InChI=1S/C18H23N3S/c1-3-13-21-17(16-11-12-16)19-20-18(21)22-14(2)9-10-15-7-5-4-6-8-15/h3-8,14,16H,1,9-13H2,2H3. The second-order valence-electron chi connectivity index (χ2n) is 5.97. The predicted molar refractivity (Wildman–Crippen MR) is 92.3 cm³/mol. The number of nitrogens with zero attached hydrogens (tertiary/aromatic N) is 3. The lowest BCUT2D eigenvalue weighted by Crippen LogP contribution is -2.06. The molecule has 1 aliphatic rings. The Hall–Kier alpha value is -1.55. The highest BCUT2D eigenvalue weighted by Crippen LogP contribution is 2.40. The molecule has 0 N–H and O–H groups in total. The van der Waals surface area contributed by atoms with Crippen LogP contribution < -0.4 is 0 Å². The van der Waals surface area contributed by atoms with Crippen LogP contribution in [0.3, 0.4) is 0 Å². The van der Waals surface area contributed by atoms with Gasteiger partial charge >= 0.3 is 0 Å². The fraction of sp³-hybridized carbons (Fsp3) is 0.444. The van der Waals surface area contributed by atoms with E-state index in [9.17, 15) is 0 Å². The van der Waals surface area contributed by atoms with Gasteiger partial charge in [0, 0.05) is 17.7 Å². The Bertz CT molecular complexity index is 617. The lowest BCUT2D eigenvalue weighted by molar-refractivity contribution is 0.677. The highest BCUT2D eigenvalue weighted by atomic mass is 32.2. The number of aromatic nitrogens is 3. The predicted octanol–water partition coefficient (Wildman–Crippen LogP) is 4.45. The molecule has 1 aromatic heterocycles. The van der Waals surface area contributed by atoms with Crippen molar-refractivity contribution in [1.82, 2.24) is 14.8 Å². The third-order valence-corrected chi connectivity index (χ3v) is 5.14. The zero-order chi connectivity index (χ0) is 15.4. The maximum atomic E-state index is 4.42. The number of allylic oxidation sites excluding steroid dienone is 1. The molecule has 1 saturated carbocycles. The molecular weight excluding hydrogens is 290 g/mol. The number of hydrogen-bond acceptors (Lipinski definition) is 3. The van der Waals surface area contributed by atoms with Crippen LogP contribution in [-0.2, 0) is 13.0 Å². The van der Waals surface area contributed by atoms with Gasteiger partial charge in [-0.2, -0.15) is 0 Å². The van der Waals surface area contributed by atoms with E-state index in [1.807, 2.05) is 17.8 Å². The van der Waals surface area contributed by atoms with Crippen molar-refractivity contribution in [1.29, 1.82) is 0 Å². The average Bonchev–Trinajstić information content (AvgIpc) is 3.31. The van der Waals surface area contributed by atoms with Crippen LogP contribution in [0.15, 0.2) is 48.1 Å². The van der Waals surface area contributed by atoms with Gasteiger partial charge in [0.05, 0.1) is 0 Å². The molecule has 3 nitrogen and oxygen atoms in total. The number of rotatable bonds is 8. The van der Waals surface area contributed by atoms with Crippen molar-refractivity contribution in [3.05, 3.63) is 54.4 Å². The topological polar surface area (TPSA) is 30.7 Å². The molecule has 1 aliphatic carbocycles. The van der Waals surface area contributed by atoms with Crippen molar-refractivity contribution in [3.8, 4) is 0 Å². The van der Waals surface area contributed by atoms with E-state index in [4.69, 9.17) is 0 Å². The summed E-state index contributed by atoms with van der Waals surface area (Å²) >= 11 is 1.84. The molecule has 116 valence electrons. The van der Waals surface area contributed by atoms with Crippen LogP contribution in [0.5, 0.6) is 0 Å². The van der Waals surface area contributed by atoms with Crippen LogP contribution in [0, 0.1) is 0 Å². The minimum Gasteiger partial charge on any atom is -0.302 e. The van der Waals surface area contributed by atoms with Gasteiger partial charge in [-0.1, -0.05) is 55.1 Å². The van der Waals surface area contributed by atoms with E-state index in [0.717, 1.165) is 30.4 Å². The van der Waals surface area contributed by atoms with E-state index < -0.39 is 0 Å². The van der Waals surface area contributed by atoms with Crippen molar-refractivity contribution in [2.45, 2.75) is 55.5 Å². The Labute approximate surface area is 136 Å². The molecule has 0 saturated heterocycles. The van der Waals surface area contributed by atoms with Crippen molar-refractivity contribution in [3.63, 3.8) is 0 Å². The molecule has 1 fully saturated rings. The summed E-state index contributed by atoms with van der Waals surface area (Å²) in [5.41, 5.74) is 1.40. The molecular formula is C18H23N3S. The summed E-state index contributed by atoms with van der Waals surface area (Å²) in [6, 6.07) is 10.7. The SMILES string of the molecule is C=CCn1c(SC(C)CCc2ccccc2)nnc1C1CC1. The number of aryl methyl sites for hydroxylation is 1. The first-order chi connectivity index (χ1) is 10.8. The van der Waals surface area contributed by atoms with Gasteiger partial charge in [-0.25, -0.2) is 0 Å². The van der Waals surface area contributed by atoms with Gasteiger partial charge in [0.15, 0.2) is 5.16 Å². The summed E-state index contributed by atoms with van der Waals surface area (Å²) in [4.78, 5) is 0. The highest BCUT2D eigenvalue weighted by molar-refractivity contribution is 7.99. The maximum absolute atomic E-state index is 4.42. The van der Waals surface area contributed by atoms with E-state index in [1.165, 1.54) is 18.4 Å². The van der Waals surface area contributed by atoms with Crippen LogP contribution in [0.2, 0.25) is 0 Å². The van der Waals surface area contributed by atoms with Crippen molar-refractivity contribution in [2.75, 3.05) is 0 Å². The molecule has 0 amide bonds. The first-order valence-corrected chi connectivity index (χ1v) is 8.90. The largest absolute Gasteiger partial charge is 0.302 e. The van der Waals surface area contributed by atoms with Crippen LogP contribution in [0.1, 0.15) is 43.5 Å². The summed E-state index contributed by atoms with van der Waals surface area (Å²) in [5, 5.41) is 10.4. The minimum absolute atomic E-state index is 0.528. The Morgan fingerprint density at radius 3 is 2.77 bits per heavy atom. The molecule has 4 heteroatoms. The molecule has 2 aromatic rings.